The van der Waals surface area contributed by atoms with E-state index in [1.807, 2.05) is 0 Å². The fourth-order valence-corrected chi connectivity index (χ4v) is 1.39. The molecule has 1 aromatic heterocycles. The zero-order valence-corrected chi connectivity index (χ0v) is 7.40. The zero-order chi connectivity index (χ0) is 9.26. The first-order valence-electron chi connectivity index (χ1n) is 4.19. The van der Waals surface area contributed by atoms with Gasteiger partial charge in [0.1, 0.15) is 0 Å². The molecule has 0 amide bonds. The van der Waals surface area contributed by atoms with Crippen LogP contribution in [-0.4, -0.2) is 31.3 Å². The van der Waals surface area contributed by atoms with Crippen LogP contribution >= 0.6 is 0 Å². The molecule has 70 valence electrons. The number of pyridine rings is 1. The van der Waals surface area contributed by atoms with Crippen LogP contribution in [0, 0.1) is 5.95 Å². The number of hydrogen-bond acceptors (Lipinski definition) is 3. The maximum absolute atomic E-state index is 12.7. The second-order valence-electron chi connectivity index (χ2n) is 3.10. The summed E-state index contributed by atoms with van der Waals surface area (Å²) in [4.78, 5) is 5.55. The lowest BCUT2D eigenvalue weighted by molar-refractivity contribution is 0.0787. The van der Waals surface area contributed by atoms with Crippen molar-refractivity contribution < 1.29 is 9.13 Å². The highest BCUT2D eigenvalue weighted by molar-refractivity contribution is 5.47. The Morgan fingerprint density at radius 1 is 1.62 bits per heavy atom. The molecular formula is C9H11FN2O. The molecule has 3 nitrogen and oxygen atoms in total. The molecule has 0 atom stereocenters. The Hall–Kier alpha value is -1.16. The Labute approximate surface area is 76.1 Å². The van der Waals surface area contributed by atoms with E-state index in [1.165, 1.54) is 12.3 Å². The predicted octanol–water partition coefficient (Wildman–Crippen LogP) is 1.06. The van der Waals surface area contributed by atoms with Crippen molar-refractivity contribution in [2.45, 2.75) is 6.10 Å². The minimum Gasteiger partial charge on any atom is -0.378 e. The number of hydrogen-bond donors (Lipinski definition) is 0. The average molecular weight is 182 g/mol. The lowest BCUT2D eigenvalue weighted by Crippen LogP contribution is -2.51. The number of halogens is 1. The second kappa shape index (κ2) is 3.30. The molecule has 1 saturated heterocycles. The van der Waals surface area contributed by atoms with E-state index in [0.717, 1.165) is 18.8 Å². The largest absolute Gasteiger partial charge is 0.378 e. The molecule has 0 bridgehead atoms. The summed E-state index contributed by atoms with van der Waals surface area (Å²) in [7, 11) is 1.69. The van der Waals surface area contributed by atoms with E-state index in [-0.39, 0.29) is 6.10 Å². The Balaban J connectivity index is 2.03. The van der Waals surface area contributed by atoms with Crippen molar-refractivity contribution >= 4 is 5.69 Å². The Morgan fingerprint density at radius 3 is 3.00 bits per heavy atom. The highest BCUT2D eigenvalue weighted by Gasteiger charge is 2.26. The van der Waals surface area contributed by atoms with Gasteiger partial charge in [0.2, 0.25) is 5.95 Å². The van der Waals surface area contributed by atoms with Gasteiger partial charge in [-0.05, 0) is 6.07 Å². The molecule has 0 aliphatic carbocycles. The fraction of sp³-hybridized carbons (Fsp3) is 0.444. The first-order chi connectivity index (χ1) is 6.29. The van der Waals surface area contributed by atoms with Gasteiger partial charge < -0.3 is 9.64 Å². The maximum atomic E-state index is 12.7. The third-order valence-corrected chi connectivity index (χ3v) is 2.26. The molecule has 1 aliphatic rings. The van der Waals surface area contributed by atoms with Crippen molar-refractivity contribution in [1.29, 1.82) is 0 Å². The van der Waals surface area contributed by atoms with Crippen LogP contribution in [0.3, 0.4) is 0 Å². The molecule has 4 heteroatoms. The summed E-state index contributed by atoms with van der Waals surface area (Å²) in [5, 5.41) is 0. The van der Waals surface area contributed by atoms with Gasteiger partial charge in [0.05, 0.1) is 6.10 Å². The summed E-state index contributed by atoms with van der Waals surface area (Å²) in [5.41, 5.74) is 0.876. The van der Waals surface area contributed by atoms with Crippen LogP contribution in [0.1, 0.15) is 0 Å². The lowest BCUT2D eigenvalue weighted by atomic mass is 10.1. The smallest absolute Gasteiger partial charge is 0.214 e. The SMILES string of the molecule is COC1CN(c2ccnc(F)c2)C1. The van der Waals surface area contributed by atoms with Crippen LogP contribution in [0.2, 0.25) is 0 Å². The average Bonchev–Trinajstić information content (AvgIpc) is 2.02. The summed E-state index contributed by atoms with van der Waals surface area (Å²) < 4.78 is 17.8. The summed E-state index contributed by atoms with van der Waals surface area (Å²) in [6.45, 7) is 1.67. The highest BCUT2D eigenvalue weighted by Crippen LogP contribution is 2.21. The van der Waals surface area contributed by atoms with E-state index in [0.29, 0.717) is 0 Å². The minimum absolute atomic E-state index is 0.288. The van der Waals surface area contributed by atoms with E-state index >= 15 is 0 Å². The van der Waals surface area contributed by atoms with Gasteiger partial charge in [-0.1, -0.05) is 0 Å². The third-order valence-electron chi connectivity index (χ3n) is 2.26. The van der Waals surface area contributed by atoms with Crippen LogP contribution in [0.5, 0.6) is 0 Å². The fourth-order valence-electron chi connectivity index (χ4n) is 1.39. The Bertz CT molecular complexity index is 299. The number of anilines is 1. The minimum atomic E-state index is -0.432. The van der Waals surface area contributed by atoms with Crippen molar-refractivity contribution in [3.63, 3.8) is 0 Å². The van der Waals surface area contributed by atoms with E-state index in [2.05, 4.69) is 9.88 Å². The van der Waals surface area contributed by atoms with Crippen molar-refractivity contribution in [3.8, 4) is 0 Å². The van der Waals surface area contributed by atoms with Gasteiger partial charge in [-0.2, -0.15) is 4.39 Å². The quantitative estimate of drug-likeness (QED) is 0.639. The van der Waals surface area contributed by atoms with E-state index < -0.39 is 5.95 Å². The first-order valence-corrected chi connectivity index (χ1v) is 4.19. The standard InChI is InChI=1S/C9H11FN2O/c1-13-8-5-12(6-8)7-2-3-11-9(10)4-7/h2-4,8H,5-6H2,1H3. The molecule has 1 fully saturated rings. The van der Waals surface area contributed by atoms with Crippen molar-refractivity contribution in [1.82, 2.24) is 4.98 Å². The molecular weight excluding hydrogens is 171 g/mol. The number of methoxy groups -OCH3 is 1. The normalized spacial score (nSPS) is 17.2. The topological polar surface area (TPSA) is 25.4 Å². The molecule has 2 heterocycles. The van der Waals surface area contributed by atoms with Gasteiger partial charge in [-0.15, -0.1) is 0 Å². The first kappa shape index (κ1) is 8.44. The molecule has 2 rings (SSSR count). The monoisotopic (exact) mass is 182 g/mol. The number of aromatic nitrogens is 1. The van der Waals surface area contributed by atoms with E-state index in [4.69, 9.17) is 4.74 Å². The van der Waals surface area contributed by atoms with Crippen LogP contribution in [0.4, 0.5) is 10.1 Å². The molecule has 1 aliphatic heterocycles. The molecule has 0 aromatic carbocycles. The third kappa shape index (κ3) is 1.62. The van der Waals surface area contributed by atoms with Crippen LogP contribution < -0.4 is 4.90 Å². The van der Waals surface area contributed by atoms with Gasteiger partial charge in [0.15, 0.2) is 0 Å². The van der Waals surface area contributed by atoms with Crippen molar-refractivity contribution in [2.24, 2.45) is 0 Å². The molecule has 1 aromatic rings. The maximum Gasteiger partial charge on any atom is 0.214 e. The van der Waals surface area contributed by atoms with Gasteiger partial charge >= 0.3 is 0 Å². The zero-order valence-electron chi connectivity index (χ0n) is 7.40. The van der Waals surface area contributed by atoms with E-state index in [1.54, 1.807) is 13.2 Å². The molecule has 0 N–H and O–H groups in total. The summed E-state index contributed by atoms with van der Waals surface area (Å²) in [6.07, 6.45) is 1.77. The number of rotatable bonds is 2. The van der Waals surface area contributed by atoms with Crippen LogP contribution in [0.25, 0.3) is 0 Å². The predicted molar refractivity (Wildman–Crippen MR) is 47.2 cm³/mol. The molecule has 0 saturated carbocycles. The summed E-state index contributed by atoms with van der Waals surface area (Å²) in [6, 6.07) is 3.24. The van der Waals surface area contributed by atoms with Gasteiger partial charge in [0, 0.05) is 38.1 Å². The van der Waals surface area contributed by atoms with Crippen molar-refractivity contribution in [3.05, 3.63) is 24.3 Å². The Morgan fingerprint density at radius 2 is 2.38 bits per heavy atom. The highest BCUT2D eigenvalue weighted by atomic mass is 19.1. The Kier molecular flexibility index (Phi) is 2.14. The van der Waals surface area contributed by atoms with Gasteiger partial charge in [0.25, 0.3) is 0 Å². The molecule has 0 radical (unpaired) electrons. The second-order valence-corrected chi connectivity index (χ2v) is 3.10. The lowest BCUT2D eigenvalue weighted by Gasteiger charge is -2.39. The molecule has 13 heavy (non-hydrogen) atoms. The van der Waals surface area contributed by atoms with Gasteiger partial charge in [-0.3, -0.25) is 0 Å². The van der Waals surface area contributed by atoms with E-state index in [9.17, 15) is 4.39 Å². The number of nitrogens with zero attached hydrogens (tertiary/aromatic N) is 2. The van der Waals surface area contributed by atoms with Crippen LogP contribution in [-0.2, 0) is 4.74 Å². The van der Waals surface area contributed by atoms with Crippen molar-refractivity contribution in [2.75, 3.05) is 25.1 Å². The summed E-state index contributed by atoms with van der Waals surface area (Å²) >= 11 is 0. The molecule has 0 unspecified atom stereocenters. The van der Waals surface area contributed by atoms with Crippen LogP contribution in [0.15, 0.2) is 18.3 Å². The summed E-state index contributed by atoms with van der Waals surface area (Å²) in [5.74, 6) is -0.432. The molecule has 0 spiro atoms. The number of ether oxygens (including phenoxy) is 1. The van der Waals surface area contributed by atoms with Gasteiger partial charge in [-0.25, -0.2) is 4.98 Å².